The predicted octanol–water partition coefficient (Wildman–Crippen LogP) is 0.862. The molecule has 1 aromatic rings. The van der Waals surface area contributed by atoms with Gasteiger partial charge in [-0.25, -0.2) is 12.8 Å². The molecular weight excluding hydrogens is 283 g/mol. The summed E-state index contributed by atoms with van der Waals surface area (Å²) in [6.07, 6.45) is 1.88. The van der Waals surface area contributed by atoms with Crippen LogP contribution in [0.3, 0.4) is 0 Å². The highest BCUT2D eigenvalue weighted by molar-refractivity contribution is 7.89. The number of nitrogens with zero attached hydrogens (tertiary/aromatic N) is 1. The van der Waals surface area contributed by atoms with Crippen LogP contribution in [0.2, 0.25) is 0 Å². The highest BCUT2D eigenvalue weighted by Gasteiger charge is 2.55. The molecule has 0 atom stereocenters. The highest BCUT2D eigenvalue weighted by atomic mass is 32.2. The lowest BCUT2D eigenvalue weighted by Gasteiger charge is -2.45. The highest BCUT2D eigenvalue weighted by Crippen LogP contribution is 2.46. The van der Waals surface area contributed by atoms with Crippen LogP contribution in [0.25, 0.3) is 0 Å². The standard InChI is InChI=1S/C13H17FN2O3S/c1-8-11(14)4-10(5-12(8)15)20(18,19)16-6-13(17,7-16)9-2-3-9/h4-5,9,17H,2-3,6-7,15H2,1H3. The Labute approximate surface area is 117 Å². The van der Waals surface area contributed by atoms with Crippen LogP contribution in [-0.2, 0) is 10.0 Å². The van der Waals surface area contributed by atoms with Crippen molar-refractivity contribution < 1.29 is 17.9 Å². The lowest BCUT2D eigenvalue weighted by molar-refractivity contribution is -0.0764. The van der Waals surface area contributed by atoms with Crippen molar-refractivity contribution in [3.05, 3.63) is 23.5 Å². The Morgan fingerprint density at radius 3 is 2.50 bits per heavy atom. The summed E-state index contributed by atoms with van der Waals surface area (Å²) in [7, 11) is -3.79. The van der Waals surface area contributed by atoms with Gasteiger partial charge in [-0.2, -0.15) is 4.31 Å². The lowest BCUT2D eigenvalue weighted by Crippen LogP contribution is -2.64. The Morgan fingerprint density at radius 2 is 2.00 bits per heavy atom. The van der Waals surface area contributed by atoms with Crippen LogP contribution in [0.15, 0.2) is 17.0 Å². The molecule has 0 amide bonds. The molecule has 1 aromatic carbocycles. The van der Waals surface area contributed by atoms with E-state index in [9.17, 15) is 17.9 Å². The fraction of sp³-hybridized carbons (Fsp3) is 0.538. The topological polar surface area (TPSA) is 83.6 Å². The second-order valence-corrected chi connectivity index (χ2v) is 7.71. The molecule has 0 spiro atoms. The van der Waals surface area contributed by atoms with E-state index in [0.29, 0.717) is 0 Å². The molecule has 1 saturated heterocycles. The molecule has 1 aliphatic carbocycles. The molecule has 3 rings (SSSR count). The van der Waals surface area contributed by atoms with Gasteiger partial charge in [0.15, 0.2) is 0 Å². The van der Waals surface area contributed by atoms with Gasteiger partial charge in [0.2, 0.25) is 10.0 Å². The summed E-state index contributed by atoms with van der Waals surface area (Å²) < 4.78 is 39.5. The van der Waals surface area contributed by atoms with Crippen LogP contribution in [0.1, 0.15) is 18.4 Å². The molecule has 3 N–H and O–H groups in total. The van der Waals surface area contributed by atoms with Crippen LogP contribution in [0, 0.1) is 18.7 Å². The SMILES string of the molecule is Cc1c(N)cc(S(=O)(=O)N2CC(O)(C3CC3)C2)cc1F. The monoisotopic (exact) mass is 300 g/mol. The zero-order valence-corrected chi connectivity index (χ0v) is 12.0. The summed E-state index contributed by atoms with van der Waals surface area (Å²) in [4.78, 5) is -0.157. The van der Waals surface area contributed by atoms with E-state index in [-0.39, 0.29) is 35.2 Å². The van der Waals surface area contributed by atoms with E-state index >= 15 is 0 Å². The van der Waals surface area contributed by atoms with Crippen LogP contribution < -0.4 is 5.73 Å². The zero-order valence-electron chi connectivity index (χ0n) is 11.1. The number of sulfonamides is 1. The minimum Gasteiger partial charge on any atom is -0.398 e. The molecule has 0 bridgehead atoms. The molecule has 1 aliphatic heterocycles. The zero-order chi connectivity index (χ0) is 14.7. The van der Waals surface area contributed by atoms with E-state index in [1.807, 2.05) is 0 Å². The van der Waals surface area contributed by atoms with Gasteiger partial charge in [-0.05, 0) is 37.8 Å². The van der Waals surface area contributed by atoms with Crippen LogP contribution >= 0.6 is 0 Å². The quantitative estimate of drug-likeness (QED) is 0.811. The number of hydrogen-bond donors (Lipinski definition) is 2. The molecule has 0 aromatic heterocycles. The van der Waals surface area contributed by atoms with Gasteiger partial charge in [0.05, 0.1) is 10.5 Å². The fourth-order valence-corrected chi connectivity index (χ4v) is 4.20. The number of hydrogen-bond acceptors (Lipinski definition) is 4. The maximum Gasteiger partial charge on any atom is 0.243 e. The van der Waals surface area contributed by atoms with Gasteiger partial charge < -0.3 is 10.8 Å². The summed E-state index contributed by atoms with van der Waals surface area (Å²) in [5.74, 6) is -0.435. The molecule has 0 unspecified atom stereocenters. The minimum absolute atomic E-state index is 0.0788. The Hall–Kier alpha value is -1.18. The average molecular weight is 300 g/mol. The molecule has 1 saturated carbocycles. The number of aliphatic hydroxyl groups is 1. The first-order valence-electron chi connectivity index (χ1n) is 6.52. The minimum atomic E-state index is -3.79. The first-order valence-corrected chi connectivity index (χ1v) is 7.96. The van der Waals surface area contributed by atoms with Crippen molar-refractivity contribution in [1.29, 1.82) is 0 Å². The van der Waals surface area contributed by atoms with Crippen molar-refractivity contribution in [2.24, 2.45) is 5.92 Å². The van der Waals surface area contributed by atoms with Gasteiger partial charge in [-0.3, -0.25) is 0 Å². The molecule has 20 heavy (non-hydrogen) atoms. The summed E-state index contributed by atoms with van der Waals surface area (Å²) in [6.45, 7) is 1.65. The number of nitrogens with two attached hydrogens (primary N) is 1. The summed E-state index contributed by atoms with van der Waals surface area (Å²) in [6, 6.07) is 2.25. The average Bonchev–Trinajstić information content (AvgIpc) is 3.15. The van der Waals surface area contributed by atoms with Gasteiger partial charge in [0, 0.05) is 24.3 Å². The van der Waals surface area contributed by atoms with Crippen molar-refractivity contribution >= 4 is 15.7 Å². The summed E-state index contributed by atoms with van der Waals surface area (Å²) in [5.41, 5.74) is 5.07. The third-order valence-electron chi connectivity index (χ3n) is 4.23. The first kappa shape index (κ1) is 13.8. The van der Waals surface area contributed by atoms with E-state index in [0.717, 1.165) is 18.9 Å². The molecule has 1 heterocycles. The molecule has 2 aliphatic rings. The van der Waals surface area contributed by atoms with Crippen LogP contribution in [0.4, 0.5) is 10.1 Å². The van der Waals surface area contributed by atoms with E-state index < -0.39 is 21.4 Å². The molecule has 110 valence electrons. The lowest BCUT2D eigenvalue weighted by atomic mass is 9.91. The number of halogens is 1. The first-order chi connectivity index (χ1) is 9.24. The van der Waals surface area contributed by atoms with Gasteiger partial charge in [-0.1, -0.05) is 0 Å². The predicted molar refractivity (Wildman–Crippen MR) is 72.0 cm³/mol. The number of rotatable bonds is 3. The number of benzene rings is 1. The smallest absolute Gasteiger partial charge is 0.243 e. The Morgan fingerprint density at radius 1 is 1.40 bits per heavy atom. The number of β-amino-alcohol motifs (C(OH)–C–C–N with tert-alkyl or cyclic N) is 1. The third kappa shape index (κ3) is 2.01. The maximum atomic E-state index is 13.6. The van der Waals surface area contributed by atoms with Crippen LogP contribution in [0.5, 0.6) is 0 Å². The Bertz CT molecular complexity index is 641. The van der Waals surface area contributed by atoms with E-state index in [4.69, 9.17) is 5.73 Å². The van der Waals surface area contributed by atoms with Gasteiger partial charge in [0.25, 0.3) is 0 Å². The molecule has 7 heteroatoms. The van der Waals surface area contributed by atoms with E-state index in [2.05, 4.69) is 0 Å². The summed E-state index contributed by atoms with van der Waals surface area (Å²) >= 11 is 0. The number of nitrogen functional groups attached to an aromatic ring is 1. The van der Waals surface area contributed by atoms with E-state index in [1.54, 1.807) is 0 Å². The van der Waals surface area contributed by atoms with Crippen molar-refractivity contribution in [3.63, 3.8) is 0 Å². The molecule has 5 nitrogen and oxygen atoms in total. The maximum absolute atomic E-state index is 13.6. The second-order valence-electron chi connectivity index (χ2n) is 5.77. The van der Waals surface area contributed by atoms with Crippen LogP contribution in [-0.4, -0.2) is 36.5 Å². The van der Waals surface area contributed by atoms with Crippen molar-refractivity contribution in [1.82, 2.24) is 4.31 Å². The molecular formula is C13H17FN2O3S. The van der Waals surface area contributed by atoms with Crippen molar-refractivity contribution in [2.45, 2.75) is 30.3 Å². The third-order valence-corrected chi connectivity index (χ3v) is 6.00. The normalized spacial score (nSPS) is 22.6. The molecule has 0 radical (unpaired) electrons. The second kappa shape index (κ2) is 4.16. The Balaban J connectivity index is 1.86. The molecule has 2 fully saturated rings. The summed E-state index contributed by atoms with van der Waals surface area (Å²) in [5, 5.41) is 10.2. The van der Waals surface area contributed by atoms with Gasteiger partial charge in [0.1, 0.15) is 5.82 Å². The fourth-order valence-electron chi connectivity index (χ4n) is 2.59. The van der Waals surface area contributed by atoms with Crippen molar-refractivity contribution in [2.75, 3.05) is 18.8 Å². The largest absolute Gasteiger partial charge is 0.398 e. The Kier molecular flexibility index (Phi) is 2.87. The van der Waals surface area contributed by atoms with Crippen molar-refractivity contribution in [3.8, 4) is 0 Å². The van der Waals surface area contributed by atoms with Gasteiger partial charge >= 0.3 is 0 Å². The van der Waals surface area contributed by atoms with E-state index in [1.165, 1.54) is 17.3 Å². The number of anilines is 1. The van der Waals surface area contributed by atoms with Gasteiger partial charge in [-0.15, -0.1) is 0 Å².